The lowest BCUT2D eigenvalue weighted by atomic mass is 10.1. The number of hydrogen-bond acceptors (Lipinski definition) is 6. The van der Waals surface area contributed by atoms with Crippen LogP contribution in [0.3, 0.4) is 0 Å². The van der Waals surface area contributed by atoms with Crippen molar-refractivity contribution < 1.29 is 14.3 Å². The number of rotatable bonds is 7. The van der Waals surface area contributed by atoms with E-state index in [4.69, 9.17) is 21.3 Å². The van der Waals surface area contributed by atoms with E-state index in [1.54, 1.807) is 21.9 Å². The zero-order chi connectivity index (χ0) is 25.9. The van der Waals surface area contributed by atoms with E-state index in [-0.39, 0.29) is 18.0 Å². The normalized spacial score (nSPS) is 19.2. The van der Waals surface area contributed by atoms with Crippen LogP contribution in [0.4, 0.5) is 4.79 Å². The fourth-order valence-corrected chi connectivity index (χ4v) is 4.98. The summed E-state index contributed by atoms with van der Waals surface area (Å²) in [6.45, 7) is 5.49. The van der Waals surface area contributed by atoms with E-state index in [1.807, 2.05) is 38.2 Å². The number of halogens is 1. The molecule has 2 saturated heterocycles. The molecule has 2 atom stereocenters. The molecule has 37 heavy (non-hydrogen) atoms. The van der Waals surface area contributed by atoms with E-state index in [2.05, 4.69) is 22.8 Å². The number of carbonyl (C=O) groups excluding carboxylic acids is 2. The molecule has 2 N–H and O–H groups in total. The molecule has 0 bridgehead atoms. The lowest BCUT2D eigenvalue weighted by Gasteiger charge is -2.39. The molecule has 1 aromatic heterocycles. The number of piperazine rings is 1. The number of amides is 2. The number of ether oxygens (including phenoxy) is 1. The molecular weight excluding hydrogens is 490 g/mol. The van der Waals surface area contributed by atoms with Crippen molar-refractivity contribution in [3.63, 3.8) is 0 Å². The summed E-state index contributed by atoms with van der Waals surface area (Å²) in [6, 6.07) is 15.8. The van der Waals surface area contributed by atoms with Gasteiger partial charge in [-0.2, -0.15) is 0 Å². The largest absolute Gasteiger partial charge is 0.449 e. The monoisotopic (exact) mass is 521 g/mol. The van der Waals surface area contributed by atoms with Crippen LogP contribution in [-0.2, 0) is 11.3 Å². The van der Waals surface area contributed by atoms with E-state index >= 15 is 0 Å². The molecule has 2 aliphatic rings. The van der Waals surface area contributed by atoms with Gasteiger partial charge < -0.3 is 25.2 Å². The molecule has 0 spiro atoms. The molecule has 0 radical (unpaired) electrons. The van der Waals surface area contributed by atoms with Crippen molar-refractivity contribution in [2.24, 2.45) is 0 Å². The first-order valence-corrected chi connectivity index (χ1v) is 13.1. The van der Waals surface area contributed by atoms with Crippen LogP contribution in [-0.4, -0.2) is 78.7 Å². The van der Waals surface area contributed by atoms with Crippen molar-refractivity contribution in [2.45, 2.75) is 32.0 Å². The minimum Gasteiger partial charge on any atom is -0.449 e. The van der Waals surface area contributed by atoms with Gasteiger partial charge in [0, 0.05) is 61.3 Å². The lowest BCUT2D eigenvalue weighted by molar-refractivity contribution is 0.0409. The predicted octanol–water partition coefficient (Wildman–Crippen LogP) is 3.92. The maximum absolute atomic E-state index is 13.4. The second-order valence-electron chi connectivity index (χ2n) is 9.75. The Morgan fingerprint density at radius 3 is 2.65 bits per heavy atom. The zero-order valence-corrected chi connectivity index (χ0v) is 21.9. The molecular formula is C28H32ClN5O3. The van der Waals surface area contributed by atoms with Crippen LogP contribution in [0.5, 0.6) is 0 Å². The van der Waals surface area contributed by atoms with Crippen molar-refractivity contribution >= 4 is 34.5 Å². The highest BCUT2D eigenvalue weighted by Crippen LogP contribution is 2.29. The summed E-state index contributed by atoms with van der Waals surface area (Å²) in [5.74, 6) is -0.0821. The molecule has 2 aromatic carbocycles. The minimum atomic E-state index is -0.309. The Kier molecular flexibility index (Phi) is 7.60. The van der Waals surface area contributed by atoms with Crippen LogP contribution in [0.1, 0.15) is 29.3 Å². The molecule has 2 fully saturated rings. The standard InChI is InChI=1S/C28H32ClN5O3/c1-18-17-33(10-11-34(18)28(36)37-12-9-22-16-31-22)27(35)21-7-8-23-24(29)14-25(32-26(23)13-21)20-5-3-19(4-6-20)15-30-2/h3-8,13-14,18,22,30-31H,9-12,15-17H2,1-2H3/t18-,22?/m1/s1. The number of fused-ring (bicyclic) bond motifs is 1. The number of carbonyl (C=O) groups is 2. The first kappa shape index (κ1) is 25.4. The first-order valence-electron chi connectivity index (χ1n) is 12.7. The molecule has 3 aromatic rings. The van der Waals surface area contributed by atoms with Gasteiger partial charge in [-0.25, -0.2) is 9.78 Å². The van der Waals surface area contributed by atoms with Gasteiger partial charge in [0.1, 0.15) is 0 Å². The highest BCUT2D eigenvalue weighted by atomic mass is 35.5. The summed E-state index contributed by atoms with van der Waals surface area (Å²) in [5.41, 5.74) is 4.14. The van der Waals surface area contributed by atoms with Gasteiger partial charge in [0.2, 0.25) is 0 Å². The summed E-state index contributed by atoms with van der Waals surface area (Å²) >= 11 is 6.60. The molecule has 194 valence electrons. The second kappa shape index (κ2) is 11.0. The summed E-state index contributed by atoms with van der Waals surface area (Å²) in [6.07, 6.45) is 0.526. The van der Waals surface area contributed by atoms with Gasteiger partial charge in [0.25, 0.3) is 5.91 Å². The van der Waals surface area contributed by atoms with Crippen molar-refractivity contribution in [3.05, 3.63) is 64.7 Å². The molecule has 0 saturated carbocycles. The van der Waals surface area contributed by atoms with Crippen LogP contribution in [0.25, 0.3) is 22.2 Å². The summed E-state index contributed by atoms with van der Waals surface area (Å²) < 4.78 is 5.43. The SMILES string of the molecule is CNCc1ccc(-c2cc(Cl)c3ccc(C(=O)N4CCN(C(=O)OCCC5CN5)[C@H](C)C4)cc3n2)cc1. The number of pyridine rings is 1. The minimum absolute atomic E-state index is 0.0821. The van der Waals surface area contributed by atoms with Gasteiger partial charge in [0.15, 0.2) is 0 Å². The van der Waals surface area contributed by atoms with Gasteiger partial charge in [-0.15, -0.1) is 0 Å². The van der Waals surface area contributed by atoms with E-state index in [1.165, 1.54) is 5.56 Å². The van der Waals surface area contributed by atoms with Crippen LogP contribution < -0.4 is 10.6 Å². The molecule has 3 heterocycles. The molecule has 2 aliphatic heterocycles. The van der Waals surface area contributed by atoms with Crippen molar-refractivity contribution in [1.29, 1.82) is 0 Å². The molecule has 2 amide bonds. The van der Waals surface area contributed by atoms with Gasteiger partial charge in [0.05, 0.1) is 22.8 Å². The summed E-state index contributed by atoms with van der Waals surface area (Å²) in [5, 5.41) is 7.74. The van der Waals surface area contributed by atoms with Gasteiger partial charge >= 0.3 is 6.09 Å². The van der Waals surface area contributed by atoms with Gasteiger partial charge in [-0.1, -0.05) is 41.9 Å². The maximum atomic E-state index is 13.4. The number of nitrogens with zero attached hydrogens (tertiary/aromatic N) is 3. The van der Waals surface area contributed by atoms with Crippen LogP contribution >= 0.6 is 11.6 Å². The Hall–Kier alpha value is -3.20. The first-order chi connectivity index (χ1) is 17.9. The van der Waals surface area contributed by atoms with Crippen molar-refractivity contribution in [2.75, 3.05) is 39.8 Å². The fraction of sp³-hybridized carbons (Fsp3) is 0.393. The van der Waals surface area contributed by atoms with E-state index in [0.717, 1.165) is 36.2 Å². The predicted molar refractivity (Wildman–Crippen MR) is 145 cm³/mol. The smallest absolute Gasteiger partial charge is 0.410 e. The van der Waals surface area contributed by atoms with E-state index in [9.17, 15) is 9.59 Å². The third-order valence-corrected chi connectivity index (χ3v) is 7.28. The third-order valence-electron chi connectivity index (χ3n) is 6.97. The molecule has 9 heteroatoms. The highest BCUT2D eigenvalue weighted by molar-refractivity contribution is 6.35. The topological polar surface area (TPSA) is 96.7 Å². The van der Waals surface area contributed by atoms with Crippen LogP contribution in [0.15, 0.2) is 48.5 Å². The Bertz CT molecular complexity index is 1290. The molecule has 0 aliphatic carbocycles. The van der Waals surface area contributed by atoms with Gasteiger partial charge in [-0.05, 0) is 44.2 Å². The maximum Gasteiger partial charge on any atom is 0.410 e. The molecule has 1 unspecified atom stereocenters. The van der Waals surface area contributed by atoms with Crippen molar-refractivity contribution in [3.8, 4) is 11.3 Å². The van der Waals surface area contributed by atoms with Crippen LogP contribution in [0, 0.1) is 0 Å². The fourth-order valence-electron chi connectivity index (χ4n) is 4.72. The number of benzene rings is 2. The zero-order valence-electron chi connectivity index (χ0n) is 21.2. The van der Waals surface area contributed by atoms with E-state index in [0.29, 0.717) is 48.4 Å². The number of nitrogens with one attached hydrogen (secondary N) is 2. The lowest BCUT2D eigenvalue weighted by Crippen LogP contribution is -2.55. The summed E-state index contributed by atoms with van der Waals surface area (Å²) in [4.78, 5) is 34.2. The Balaban J connectivity index is 1.28. The van der Waals surface area contributed by atoms with Crippen molar-refractivity contribution in [1.82, 2.24) is 25.4 Å². The number of aromatic nitrogens is 1. The average Bonchev–Trinajstić information content (AvgIpc) is 3.73. The second-order valence-corrected chi connectivity index (χ2v) is 10.2. The quantitative estimate of drug-likeness (QED) is 0.457. The summed E-state index contributed by atoms with van der Waals surface area (Å²) in [7, 11) is 1.92. The Morgan fingerprint density at radius 2 is 1.95 bits per heavy atom. The number of hydrogen-bond donors (Lipinski definition) is 2. The molecule has 5 rings (SSSR count). The highest BCUT2D eigenvalue weighted by Gasteiger charge is 2.31. The van der Waals surface area contributed by atoms with Gasteiger partial charge in [-0.3, -0.25) is 4.79 Å². The van der Waals surface area contributed by atoms with Crippen LogP contribution in [0.2, 0.25) is 5.02 Å². The third kappa shape index (κ3) is 5.87. The Labute approximate surface area is 221 Å². The Morgan fingerprint density at radius 1 is 1.16 bits per heavy atom. The molecule has 8 nitrogen and oxygen atoms in total. The average molecular weight is 522 g/mol. The van der Waals surface area contributed by atoms with E-state index < -0.39 is 0 Å².